The van der Waals surface area contributed by atoms with E-state index in [4.69, 9.17) is 27.9 Å². The van der Waals surface area contributed by atoms with E-state index in [1.807, 2.05) is 30.7 Å². The van der Waals surface area contributed by atoms with E-state index in [1.165, 1.54) is 15.8 Å². The maximum atomic E-state index is 12.8. The summed E-state index contributed by atoms with van der Waals surface area (Å²) in [4.78, 5) is 12.8. The number of anilines is 1. The SMILES string of the molecule is Cc1ccccc1Cn1nc(C)c(NC(=O)c2ccn(COc3cccc(Cl)c3Cl)n2)c1C. The molecule has 33 heavy (non-hydrogen) atoms. The van der Waals surface area contributed by atoms with E-state index in [2.05, 4.69) is 34.6 Å². The lowest BCUT2D eigenvalue weighted by molar-refractivity contribution is 0.102. The van der Waals surface area contributed by atoms with Gasteiger partial charge in [0, 0.05) is 6.20 Å². The summed E-state index contributed by atoms with van der Waals surface area (Å²) >= 11 is 12.1. The van der Waals surface area contributed by atoms with Crippen LogP contribution in [0.1, 0.15) is 33.0 Å². The monoisotopic (exact) mass is 483 g/mol. The van der Waals surface area contributed by atoms with Crippen molar-refractivity contribution in [3.05, 3.63) is 93.0 Å². The highest BCUT2D eigenvalue weighted by Gasteiger charge is 2.17. The molecule has 0 spiro atoms. The largest absolute Gasteiger partial charge is 0.470 e. The number of halogens is 2. The van der Waals surface area contributed by atoms with Crippen LogP contribution in [0.15, 0.2) is 54.7 Å². The van der Waals surface area contributed by atoms with Crippen molar-refractivity contribution in [3.8, 4) is 5.75 Å². The molecule has 0 saturated heterocycles. The number of rotatable bonds is 7. The van der Waals surface area contributed by atoms with E-state index in [0.29, 0.717) is 28.0 Å². The fourth-order valence-corrected chi connectivity index (χ4v) is 3.79. The Morgan fingerprint density at radius 1 is 1.03 bits per heavy atom. The molecule has 0 radical (unpaired) electrons. The topological polar surface area (TPSA) is 74.0 Å². The van der Waals surface area contributed by atoms with Gasteiger partial charge in [-0.05, 0) is 50.1 Å². The van der Waals surface area contributed by atoms with Crippen molar-refractivity contribution in [2.24, 2.45) is 0 Å². The van der Waals surface area contributed by atoms with Crippen LogP contribution in [-0.4, -0.2) is 25.5 Å². The van der Waals surface area contributed by atoms with Gasteiger partial charge in [-0.3, -0.25) is 9.48 Å². The Balaban J connectivity index is 1.44. The van der Waals surface area contributed by atoms with Crippen molar-refractivity contribution >= 4 is 34.8 Å². The number of carbonyl (C=O) groups is 1. The highest BCUT2D eigenvalue weighted by atomic mass is 35.5. The Bertz CT molecular complexity index is 1310. The Morgan fingerprint density at radius 3 is 2.61 bits per heavy atom. The minimum Gasteiger partial charge on any atom is -0.470 e. The zero-order chi connectivity index (χ0) is 23.5. The van der Waals surface area contributed by atoms with E-state index in [1.54, 1.807) is 30.5 Å². The number of aryl methyl sites for hydroxylation is 2. The number of hydrogen-bond acceptors (Lipinski definition) is 4. The van der Waals surface area contributed by atoms with Crippen LogP contribution < -0.4 is 10.1 Å². The predicted molar refractivity (Wildman–Crippen MR) is 129 cm³/mol. The Morgan fingerprint density at radius 2 is 1.82 bits per heavy atom. The number of ether oxygens (including phenoxy) is 1. The molecular formula is C24H23Cl2N5O2. The molecule has 2 aromatic carbocycles. The van der Waals surface area contributed by atoms with Gasteiger partial charge in [-0.25, -0.2) is 4.68 Å². The standard InChI is InChI=1S/C24H23Cl2N5O2/c1-15-7-4-5-8-18(15)13-31-17(3)23(16(2)28-31)27-24(32)20-11-12-30(29-20)14-33-21-10-6-9-19(25)22(21)26/h4-12H,13-14H2,1-3H3,(H,27,32). The van der Waals surface area contributed by atoms with Gasteiger partial charge in [0.2, 0.25) is 0 Å². The fraction of sp³-hybridized carbons (Fsp3) is 0.208. The molecule has 7 nitrogen and oxygen atoms in total. The quantitative estimate of drug-likeness (QED) is 0.368. The van der Waals surface area contributed by atoms with Crippen LogP contribution in [-0.2, 0) is 13.3 Å². The minimum absolute atomic E-state index is 0.0831. The molecule has 0 aliphatic carbocycles. The van der Waals surface area contributed by atoms with Crippen LogP contribution in [0.3, 0.4) is 0 Å². The summed E-state index contributed by atoms with van der Waals surface area (Å²) in [5.41, 5.74) is 4.95. The van der Waals surface area contributed by atoms with Crippen molar-refractivity contribution in [2.45, 2.75) is 34.0 Å². The number of benzene rings is 2. The molecule has 9 heteroatoms. The van der Waals surface area contributed by atoms with E-state index >= 15 is 0 Å². The Hall–Kier alpha value is -3.29. The molecule has 0 aliphatic heterocycles. The number of nitrogens with one attached hydrogen (secondary N) is 1. The summed E-state index contributed by atoms with van der Waals surface area (Å²) in [6.45, 7) is 6.60. The van der Waals surface area contributed by atoms with Crippen molar-refractivity contribution in [3.63, 3.8) is 0 Å². The second-order valence-electron chi connectivity index (χ2n) is 7.65. The number of nitrogens with zero attached hydrogens (tertiary/aromatic N) is 4. The third-order valence-electron chi connectivity index (χ3n) is 5.34. The lowest BCUT2D eigenvalue weighted by atomic mass is 10.1. The zero-order valence-corrected chi connectivity index (χ0v) is 20.0. The fourth-order valence-electron chi connectivity index (χ4n) is 3.44. The predicted octanol–water partition coefficient (Wildman–Crippen LogP) is 5.65. The van der Waals surface area contributed by atoms with Crippen LogP contribution in [0.4, 0.5) is 5.69 Å². The zero-order valence-electron chi connectivity index (χ0n) is 18.5. The lowest BCUT2D eigenvalue weighted by Gasteiger charge is -2.09. The molecule has 0 bridgehead atoms. The molecule has 0 saturated carbocycles. The van der Waals surface area contributed by atoms with Crippen molar-refractivity contribution in [1.29, 1.82) is 0 Å². The van der Waals surface area contributed by atoms with Gasteiger partial charge in [0.15, 0.2) is 12.4 Å². The van der Waals surface area contributed by atoms with E-state index in [9.17, 15) is 4.79 Å². The van der Waals surface area contributed by atoms with Gasteiger partial charge in [-0.1, -0.05) is 53.5 Å². The molecule has 0 unspecified atom stereocenters. The van der Waals surface area contributed by atoms with Gasteiger partial charge in [0.25, 0.3) is 5.91 Å². The number of hydrogen-bond donors (Lipinski definition) is 1. The van der Waals surface area contributed by atoms with E-state index < -0.39 is 0 Å². The first-order valence-electron chi connectivity index (χ1n) is 10.3. The summed E-state index contributed by atoms with van der Waals surface area (Å²) in [7, 11) is 0. The van der Waals surface area contributed by atoms with Crippen LogP contribution in [0, 0.1) is 20.8 Å². The Labute approximate surface area is 201 Å². The number of amides is 1. The first kappa shape index (κ1) is 22.9. The molecule has 2 aromatic heterocycles. The second kappa shape index (κ2) is 9.68. The highest BCUT2D eigenvalue weighted by molar-refractivity contribution is 6.42. The van der Waals surface area contributed by atoms with Crippen LogP contribution in [0.5, 0.6) is 5.75 Å². The normalized spacial score (nSPS) is 10.9. The molecule has 1 amide bonds. The van der Waals surface area contributed by atoms with Gasteiger partial charge in [0.05, 0.1) is 28.6 Å². The molecule has 170 valence electrons. The van der Waals surface area contributed by atoms with E-state index in [-0.39, 0.29) is 18.3 Å². The molecule has 4 rings (SSSR count). The van der Waals surface area contributed by atoms with Crippen molar-refractivity contribution in [1.82, 2.24) is 19.6 Å². The number of aromatic nitrogens is 4. The summed E-state index contributed by atoms with van der Waals surface area (Å²) in [6, 6.07) is 14.9. The third kappa shape index (κ3) is 5.05. The molecule has 4 aromatic rings. The van der Waals surface area contributed by atoms with Gasteiger partial charge >= 0.3 is 0 Å². The molecule has 0 atom stereocenters. The van der Waals surface area contributed by atoms with Crippen LogP contribution >= 0.6 is 23.2 Å². The minimum atomic E-state index is -0.323. The van der Waals surface area contributed by atoms with Crippen LogP contribution in [0.25, 0.3) is 0 Å². The molecule has 0 aliphatic rings. The van der Waals surface area contributed by atoms with Gasteiger partial charge < -0.3 is 10.1 Å². The first-order chi connectivity index (χ1) is 15.8. The molecule has 2 heterocycles. The summed E-state index contributed by atoms with van der Waals surface area (Å²) in [6.07, 6.45) is 1.66. The van der Waals surface area contributed by atoms with Gasteiger partial charge in [0.1, 0.15) is 10.8 Å². The summed E-state index contributed by atoms with van der Waals surface area (Å²) in [5.74, 6) is 0.120. The van der Waals surface area contributed by atoms with Crippen LogP contribution in [0.2, 0.25) is 10.0 Å². The first-order valence-corrected chi connectivity index (χ1v) is 11.1. The smallest absolute Gasteiger partial charge is 0.276 e. The molecular weight excluding hydrogens is 461 g/mol. The summed E-state index contributed by atoms with van der Waals surface area (Å²) < 4.78 is 9.07. The third-order valence-corrected chi connectivity index (χ3v) is 6.14. The summed E-state index contributed by atoms with van der Waals surface area (Å²) in [5, 5.41) is 12.6. The highest BCUT2D eigenvalue weighted by Crippen LogP contribution is 2.31. The van der Waals surface area contributed by atoms with Crippen molar-refractivity contribution < 1.29 is 9.53 Å². The lowest BCUT2D eigenvalue weighted by Crippen LogP contribution is -2.15. The maximum Gasteiger partial charge on any atom is 0.276 e. The maximum absolute atomic E-state index is 12.8. The molecule has 1 N–H and O–H groups in total. The second-order valence-corrected chi connectivity index (χ2v) is 8.44. The van der Waals surface area contributed by atoms with Crippen molar-refractivity contribution in [2.75, 3.05) is 5.32 Å². The van der Waals surface area contributed by atoms with E-state index in [0.717, 1.165) is 11.4 Å². The van der Waals surface area contributed by atoms with Gasteiger partial charge in [-0.2, -0.15) is 10.2 Å². The average molecular weight is 484 g/mol. The number of carbonyl (C=O) groups excluding carboxylic acids is 1. The Kier molecular flexibility index (Phi) is 6.72. The average Bonchev–Trinajstić information content (AvgIpc) is 3.37. The van der Waals surface area contributed by atoms with Gasteiger partial charge in [-0.15, -0.1) is 0 Å². The molecule has 0 fully saturated rings.